The number of hydrogen-bond acceptors (Lipinski definition) is 2. The van der Waals surface area contributed by atoms with Gasteiger partial charge in [0.15, 0.2) is 0 Å². The van der Waals surface area contributed by atoms with E-state index < -0.39 is 0 Å². The minimum absolute atomic E-state index is 0.733. The van der Waals surface area contributed by atoms with Gasteiger partial charge in [-0.15, -0.1) is 0 Å². The van der Waals surface area contributed by atoms with Crippen molar-refractivity contribution in [2.75, 3.05) is 20.4 Å². The predicted octanol–water partition coefficient (Wildman–Crippen LogP) is 0.420. The third-order valence-corrected chi connectivity index (χ3v) is 0.869. The van der Waals surface area contributed by atoms with Crippen molar-refractivity contribution in [3.8, 4) is 0 Å². The molecule has 0 atom stereocenters. The lowest BCUT2D eigenvalue weighted by Crippen LogP contribution is -2.19. The molecule has 7 heavy (non-hydrogen) atoms. The largest absolute Gasteiger partial charge is 0.358 e. The van der Waals surface area contributed by atoms with Gasteiger partial charge in [-0.25, -0.2) is 0 Å². The molecule has 0 spiro atoms. The van der Waals surface area contributed by atoms with Crippen LogP contribution in [0.3, 0.4) is 0 Å². The Hall–Kier alpha value is -0.500. The Labute approximate surface area is 43.4 Å². The van der Waals surface area contributed by atoms with Crippen LogP contribution in [0.25, 0.3) is 0 Å². The fraction of sp³-hybridized carbons (Fsp3) is 0.600. The standard InChI is InChI=1S/C5H9NO/c1-6-3-2-4-7-5-6/h2-3H,4-5H2,1H3. The van der Waals surface area contributed by atoms with E-state index in [1.165, 1.54) is 0 Å². The van der Waals surface area contributed by atoms with Gasteiger partial charge in [-0.1, -0.05) is 0 Å². The van der Waals surface area contributed by atoms with Crippen LogP contribution >= 0.6 is 0 Å². The Balaban J connectivity index is 2.36. The molecular weight excluding hydrogens is 90.1 g/mol. The van der Waals surface area contributed by atoms with Gasteiger partial charge in [-0.3, -0.25) is 0 Å². The number of nitrogens with zero attached hydrogens (tertiary/aromatic N) is 1. The molecule has 1 aliphatic heterocycles. The topological polar surface area (TPSA) is 12.5 Å². The van der Waals surface area contributed by atoms with Crippen LogP contribution in [0.2, 0.25) is 0 Å². The average molecular weight is 99.1 g/mol. The SMILES string of the molecule is CN1C=CCOC1. The molecule has 0 amide bonds. The summed E-state index contributed by atoms with van der Waals surface area (Å²) < 4.78 is 5.02. The second kappa shape index (κ2) is 1.98. The van der Waals surface area contributed by atoms with Crippen LogP contribution in [0, 0.1) is 0 Å². The molecule has 2 nitrogen and oxygen atoms in total. The van der Waals surface area contributed by atoms with E-state index in [-0.39, 0.29) is 0 Å². The molecule has 1 aliphatic rings. The van der Waals surface area contributed by atoms with Crippen molar-refractivity contribution in [1.29, 1.82) is 0 Å². The summed E-state index contributed by atoms with van der Waals surface area (Å²) in [5.74, 6) is 0. The third kappa shape index (κ3) is 1.20. The maximum Gasteiger partial charge on any atom is 0.118 e. The van der Waals surface area contributed by atoms with Gasteiger partial charge in [0.25, 0.3) is 0 Å². The van der Waals surface area contributed by atoms with Crippen LogP contribution in [0.15, 0.2) is 12.3 Å². The molecule has 2 heteroatoms. The molecule has 1 rings (SSSR count). The van der Waals surface area contributed by atoms with Crippen LogP contribution in [0.4, 0.5) is 0 Å². The first-order valence-corrected chi connectivity index (χ1v) is 2.34. The van der Waals surface area contributed by atoms with Crippen molar-refractivity contribution in [3.63, 3.8) is 0 Å². The molecule has 0 aromatic heterocycles. The normalized spacial score (nSPS) is 20.4. The fourth-order valence-electron chi connectivity index (χ4n) is 0.531. The van der Waals surface area contributed by atoms with Crippen LogP contribution in [0.1, 0.15) is 0 Å². The lowest BCUT2D eigenvalue weighted by molar-refractivity contribution is 0.0711. The molecule has 0 saturated carbocycles. The van der Waals surface area contributed by atoms with Crippen molar-refractivity contribution in [2.24, 2.45) is 0 Å². The lowest BCUT2D eigenvalue weighted by atomic mass is 10.6. The van der Waals surface area contributed by atoms with Crippen molar-refractivity contribution >= 4 is 0 Å². The summed E-state index contributed by atoms with van der Waals surface area (Å²) in [4.78, 5) is 1.99. The van der Waals surface area contributed by atoms with Crippen LogP contribution < -0.4 is 0 Å². The van der Waals surface area contributed by atoms with Gasteiger partial charge in [-0.05, 0) is 12.3 Å². The summed E-state index contributed by atoms with van der Waals surface area (Å²) in [6.45, 7) is 1.50. The lowest BCUT2D eigenvalue weighted by Gasteiger charge is -2.16. The van der Waals surface area contributed by atoms with Gasteiger partial charge in [0.05, 0.1) is 6.61 Å². The molecule has 0 fully saturated rings. The third-order valence-electron chi connectivity index (χ3n) is 0.869. The Morgan fingerprint density at radius 1 is 1.71 bits per heavy atom. The molecule has 0 radical (unpaired) electrons. The van der Waals surface area contributed by atoms with Gasteiger partial charge < -0.3 is 9.64 Å². The minimum atomic E-state index is 0.733. The monoisotopic (exact) mass is 99.1 g/mol. The summed E-state index contributed by atoms with van der Waals surface area (Å²) in [5, 5.41) is 0. The first-order valence-electron chi connectivity index (χ1n) is 2.34. The molecule has 0 bridgehead atoms. The molecule has 0 aliphatic carbocycles. The van der Waals surface area contributed by atoms with Crippen molar-refractivity contribution in [2.45, 2.75) is 0 Å². The minimum Gasteiger partial charge on any atom is -0.358 e. The van der Waals surface area contributed by atoms with Crippen LogP contribution in [0.5, 0.6) is 0 Å². The number of rotatable bonds is 0. The van der Waals surface area contributed by atoms with Crippen molar-refractivity contribution < 1.29 is 4.74 Å². The summed E-state index contributed by atoms with van der Waals surface area (Å²) in [5.41, 5.74) is 0. The number of hydrogen-bond donors (Lipinski definition) is 0. The molecule has 0 saturated heterocycles. The van der Waals surface area contributed by atoms with Crippen LogP contribution in [-0.4, -0.2) is 25.3 Å². The summed E-state index contributed by atoms with van der Waals surface area (Å²) in [7, 11) is 1.98. The van der Waals surface area contributed by atoms with E-state index in [0.717, 1.165) is 13.3 Å². The Morgan fingerprint density at radius 2 is 2.57 bits per heavy atom. The summed E-state index contributed by atoms with van der Waals surface area (Å²) in [6.07, 6.45) is 4.01. The van der Waals surface area contributed by atoms with E-state index in [2.05, 4.69) is 0 Å². The zero-order valence-corrected chi connectivity index (χ0v) is 4.42. The van der Waals surface area contributed by atoms with Crippen molar-refractivity contribution in [3.05, 3.63) is 12.3 Å². The highest BCUT2D eigenvalue weighted by atomic mass is 16.5. The molecule has 0 aromatic rings. The van der Waals surface area contributed by atoms with E-state index in [9.17, 15) is 0 Å². The number of ether oxygens (including phenoxy) is 1. The molecule has 0 N–H and O–H groups in total. The molecule has 0 unspecified atom stereocenters. The summed E-state index contributed by atoms with van der Waals surface area (Å²) in [6, 6.07) is 0. The van der Waals surface area contributed by atoms with E-state index in [1.807, 2.05) is 24.2 Å². The van der Waals surface area contributed by atoms with E-state index in [1.54, 1.807) is 0 Å². The van der Waals surface area contributed by atoms with E-state index in [4.69, 9.17) is 4.74 Å². The molecule has 40 valence electrons. The van der Waals surface area contributed by atoms with E-state index in [0.29, 0.717) is 0 Å². The van der Waals surface area contributed by atoms with Gasteiger partial charge in [-0.2, -0.15) is 0 Å². The smallest absolute Gasteiger partial charge is 0.118 e. The second-order valence-corrected chi connectivity index (χ2v) is 1.64. The van der Waals surface area contributed by atoms with Gasteiger partial charge in [0.1, 0.15) is 6.73 Å². The first kappa shape index (κ1) is 4.65. The first-order chi connectivity index (χ1) is 3.39. The zero-order chi connectivity index (χ0) is 5.11. The molecule has 1 heterocycles. The maximum atomic E-state index is 5.02. The quantitative estimate of drug-likeness (QED) is 0.436. The fourth-order valence-corrected chi connectivity index (χ4v) is 0.531. The van der Waals surface area contributed by atoms with Gasteiger partial charge in [0, 0.05) is 7.05 Å². The van der Waals surface area contributed by atoms with Crippen molar-refractivity contribution in [1.82, 2.24) is 4.90 Å². The zero-order valence-electron chi connectivity index (χ0n) is 4.42. The maximum absolute atomic E-state index is 5.02. The molecule has 0 aromatic carbocycles. The van der Waals surface area contributed by atoms with Gasteiger partial charge >= 0.3 is 0 Å². The Kier molecular flexibility index (Phi) is 1.32. The predicted molar refractivity (Wildman–Crippen MR) is 27.7 cm³/mol. The highest BCUT2D eigenvalue weighted by molar-refractivity contribution is 4.82. The highest BCUT2D eigenvalue weighted by Gasteiger charge is 1.92. The Bertz CT molecular complexity index is 80.1. The van der Waals surface area contributed by atoms with Gasteiger partial charge in [0.2, 0.25) is 0 Å². The average Bonchev–Trinajstić information content (AvgIpc) is 1.69. The second-order valence-electron chi connectivity index (χ2n) is 1.64. The molecular formula is C5H9NO. The Morgan fingerprint density at radius 3 is 2.86 bits per heavy atom. The highest BCUT2D eigenvalue weighted by Crippen LogP contribution is 1.91. The van der Waals surface area contributed by atoms with Crippen LogP contribution in [-0.2, 0) is 4.74 Å². The summed E-state index contributed by atoms with van der Waals surface area (Å²) >= 11 is 0. The van der Waals surface area contributed by atoms with E-state index >= 15 is 0 Å².